The van der Waals surface area contributed by atoms with Crippen LogP contribution in [0, 0.1) is 11.8 Å². The zero-order chi connectivity index (χ0) is 23.8. The van der Waals surface area contributed by atoms with Crippen molar-refractivity contribution in [3.05, 3.63) is 59.7 Å². The lowest BCUT2D eigenvalue weighted by Crippen LogP contribution is -2.38. The summed E-state index contributed by atoms with van der Waals surface area (Å²) in [7, 11) is 0. The second-order valence-electron chi connectivity index (χ2n) is 8.06. The van der Waals surface area contributed by atoms with Gasteiger partial charge in [0.2, 0.25) is 5.91 Å². The van der Waals surface area contributed by atoms with Gasteiger partial charge in [-0.1, -0.05) is 48.5 Å². The second kappa shape index (κ2) is 8.78. The van der Waals surface area contributed by atoms with Gasteiger partial charge < -0.3 is 25.6 Å². The number of carboxylic acids is 1. The van der Waals surface area contributed by atoms with E-state index in [1.165, 1.54) is 0 Å². The number of aliphatic hydroxyl groups is 1. The van der Waals surface area contributed by atoms with Crippen molar-refractivity contribution < 1.29 is 38.1 Å². The van der Waals surface area contributed by atoms with Crippen molar-refractivity contribution in [1.29, 1.82) is 0 Å². The molecule has 174 valence electrons. The van der Waals surface area contributed by atoms with E-state index in [1.54, 1.807) is 0 Å². The van der Waals surface area contributed by atoms with Crippen molar-refractivity contribution in [2.45, 2.75) is 17.9 Å². The summed E-state index contributed by atoms with van der Waals surface area (Å²) in [5.41, 5.74) is 4.14. The Morgan fingerprint density at radius 1 is 1.00 bits per heavy atom. The summed E-state index contributed by atoms with van der Waals surface area (Å²) in [6, 6.07) is 15.5. The molecule has 0 aromatic heterocycles. The molecule has 4 rings (SSSR count). The van der Waals surface area contributed by atoms with Crippen molar-refractivity contribution >= 4 is 18.0 Å². The smallest absolute Gasteiger partial charge is 0.407 e. The van der Waals surface area contributed by atoms with Crippen molar-refractivity contribution in [2.75, 3.05) is 19.7 Å². The number of alkyl halides is 2. The van der Waals surface area contributed by atoms with E-state index in [4.69, 9.17) is 14.9 Å². The van der Waals surface area contributed by atoms with Crippen molar-refractivity contribution in [1.82, 2.24) is 10.6 Å². The Kier molecular flexibility index (Phi) is 6.03. The quantitative estimate of drug-likeness (QED) is 0.478. The van der Waals surface area contributed by atoms with E-state index in [-0.39, 0.29) is 12.5 Å². The van der Waals surface area contributed by atoms with Gasteiger partial charge in [0.15, 0.2) is 6.10 Å². The molecule has 4 N–H and O–H groups in total. The van der Waals surface area contributed by atoms with Gasteiger partial charge in [0.25, 0.3) is 5.92 Å². The fourth-order valence-electron chi connectivity index (χ4n) is 4.24. The van der Waals surface area contributed by atoms with Gasteiger partial charge in [0.05, 0.1) is 12.5 Å². The molecule has 3 atom stereocenters. The molecule has 2 aliphatic rings. The van der Waals surface area contributed by atoms with Crippen LogP contribution < -0.4 is 10.6 Å². The molecule has 1 fully saturated rings. The molecule has 2 aromatic rings. The molecule has 0 heterocycles. The van der Waals surface area contributed by atoms with Gasteiger partial charge in [0.1, 0.15) is 12.5 Å². The van der Waals surface area contributed by atoms with Gasteiger partial charge in [-0.25, -0.2) is 18.4 Å². The van der Waals surface area contributed by atoms with Gasteiger partial charge in [0, 0.05) is 12.5 Å². The molecular weight excluding hydrogens is 438 g/mol. The lowest BCUT2D eigenvalue weighted by atomic mass is 9.98. The summed E-state index contributed by atoms with van der Waals surface area (Å²) in [6.07, 6.45) is -2.77. The molecule has 2 aliphatic carbocycles. The standard InChI is InChI=1S/C23H22F2N2O6/c24-23(25)17(19(23)20(29)26-10-18(28)21(30)31)9-27-22(32)33-11-16-14-7-3-1-5-12(14)13-6-2-4-8-15(13)16/h1-8,16-19,28H,9-11H2,(H,26,29)(H,27,32)(H,30,31)/t17-,18?,19-/m0/s1. The fourth-order valence-corrected chi connectivity index (χ4v) is 4.24. The van der Waals surface area contributed by atoms with Gasteiger partial charge in [-0.15, -0.1) is 0 Å². The maximum atomic E-state index is 14.0. The first-order chi connectivity index (χ1) is 15.7. The Balaban J connectivity index is 1.29. The number of amides is 2. The highest BCUT2D eigenvalue weighted by atomic mass is 19.3. The number of benzene rings is 2. The van der Waals surface area contributed by atoms with E-state index in [2.05, 4.69) is 5.32 Å². The van der Waals surface area contributed by atoms with Crippen molar-refractivity contribution in [3.8, 4) is 11.1 Å². The molecule has 10 heteroatoms. The highest BCUT2D eigenvalue weighted by Crippen LogP contribution is 2.55. The largest absolute Gasteiger partial charge is 0.479 e. The minimum atomic E-state index is -3.35. The third kappa shape index (κ3) is 4.38. The SMILES string of the molecule is O=C(NC[C@H]1[C@@H](C(=O)NCC(O)C(=O)O)C1(F)F)OCC1c2ccccc2-c2ccccc21. The number of hydrogen-bond donors (Lipinski definition) is 4. The molecule has 0 spiro atoms. The molecule has 0 radical (unpaired) electrons. The van der Waals surface area contributed by atoms with Gasteiger partial charge >= 0.3 is 12.1 Å². The van der Waals surface area contributed by atoms with E-state index in [1.807, 2.05) is 53.8 Å². The van der Waals surface area contributed by atoms with Crippen LogP contribution in [0.2, 0.25) is 0 Å². The normalized spacial score (nSPS) is 20.8. The van der Waals surface area contributed by atoms with E-state index in [0.29, 0.717) is 0 Å². The third-order valence-electron chi connectivity index (χ3n) is 6.05. The number of aliphatic carboxylic acids is 1. The number of nitrogens with one attached hydrogen (secondary N) is 2. The molecule has 0 saturated heterocycles. The molecular formula is C23H22F2N2O6. The van der Waals surface area contributed by atoms with Crippen LogP contribution in [0.5, 0.6) is 0 Å². The lowest BCUT2D eigenvalue weighted by Gasteiger charge is -2.14. The number of carboxylic acid groups (broad SMARTS) is 1. The summed E-state index contributed by atoms with van der Waals surface area (Å²) >= 11 is 0. The fraction of sp³-hybridized carbons (Fsp3) is 0.348. The van der Waals surface area contributed by atoms with E-state index in [0.717, 1.165) is 22.3 Å². The minimum Gasteiger partial charge on any atom is -0.479 e. The Morgan fingerprint density at radius 3 is 2.15 bits per heavy atom. The van der Waals surface area contributed by atoms with Crippen molar-refractivity contribution in [2.24, 2.45) is 11.8 Å². The number of fused-ring (bicyclic) bond motifs is 3. The summed E-state index contributed by atoms with van der Waals surface area (Å²) in [5, 5.41) is 22.0. The van der Waals surface area contributed by atoms with E-state index < -0.39 is 54.9 Å². The van der Waals surface area contributed by atoms with Crippen LogP contribution in [-0.2, 0) is 14.3 Å². The number of hydrogen-bond acceptors (Lipinski definition) is 5. The molecule has 0 aliphatic heterocycles. The number of aliphatic hydroxyl groups excluding tert-OH is 1. The van der Waals surface area contributed by atoms with Crippen LogP contribution in [0.4, 0.5) is 13.6 Å². The Hall–Kier alpha value is -3.53. The number of carbonyl (C=O) groups is 3. The lowest BCUT2D eigenvalue weighted by molar-refractivity contribution is -0.146. The zero-order valence-corrected chi connectivity index (χ0v) is 17.3. The minimum absolute atomic E-state index is 0.0257. The molecule has 2 amide bonds. The average Bonchev–Trinajstić information content (AvgIpc) is 3.20. The molecule has 1 unspecified atom stereocenters. The first-order valence-corrected chi connectivity index (χ1v) is 10.4. The maximum Gasteiger partial charge on any atom is 0.407 e. The summed E-state index contributed by atoms with van der Waals surface area (Å²) < 4.78 is 33.2. The molecule has 0 bridgehead atoms. The van der Waals surface area contributed by atoms with E-state index in [9.17, 15) is 23.2 Å². The summed E-state index contributed by atoms with van der Waals surface area (Å²) in [4.78, 5) is 34.6. The van der Waals surface area contributed by atoms with Crippen LogP contribution >= 0.6 is 0 Å². The first kappa shape index (κ1) is 22.7. The number of carbonyl (C=O) groups excluding carboxylic acids is 2. The third-order valence-corrected chi connectivity index (χ3v) is 6.05. The van der Waals surface area contributed by atoms with Crippen LogP contribution in [0.3, 0.4) is 0 Å². The first-order valence-electron chi connectivity index (χ1n) is 10.4. The van der Waals surface area contributed by atoms with Gasteiger partial charge in [-0.2, -0.15) is 0 Å². The van der Waals surface area contributed by atoms with Crippen LogP contribution in [0.25, 0.3) is 11.1 Å². The topological polar surface area (TPSA) is 125 Å². The average molecular weight is 460 g/mol. The highest BCUT2D eigenvalue weighted by Gasteiger charge is 2.71. The molecule has 8 nitrogen and oxygen atoms in total. The summed E-state index contributed by atoms with van der Waals surface area (Å²) in [5.74, 6) is -9.35. The number of halogens is 2. The number of alkyl carbamates (subject to hydrolysis) is 1. The monoisotopic (exact) mass is 460 g/mol. The van der Waals surface area contributed by atoms with Gasteiger partial charge in [-0.05, 0) is 22.3 Å². The van der Waals surface area contributed by atoms with Gasteiger partial charge in [-0.3, -0.25) is 4.79 Å². The molecule has 2 aromatic carbocycles. The zero-order valence-electron chi connectivity index (χ0n) is 17.3. The Bertz CT molecular complexity index is 1050. The van der Waals surface area contributed by atoms with Crippen LogP contribution in [0.1, 0.15) is 17.0 Å². The molecule has 1 saturated carbocycles. The second-order valence-corrected chi connectivity index (χ2v) is 8.06. The van der Waals surface area contributed by atoms with E-state index >= 15 is 0 Å². The Morgan fingerprint density at radius 2 is 1.58 bits per heavy atom. The van der Waals surface area contributed by atoms with Crippen molar-refractivity contribution in [3.63, 3.8) is 0 Å². The number of ether oxygens (including phenoxy) is 1. The molecule has 33 heavy (non-hydrogen) atoms. The Labute approximate surface area is 187 Å². The number of rotatable bonds is 8. The predicted molar refractivity (Wildman–Crippen MR) is 112 cm³/mol. The summed E-state index contributed by atoms with van der Waals surface area (Å²) in [6.45, 7) is -1.14. The highest BCUT2D eigenvalue weighted by molar-refractivity contribution is 5.84. The predicted octanol–water partition coefficient (Wildman–Crippen LogP) is 1.97. The maximum absolute atomic E-state index is 14.0. The van der Waals surface area contributed by atoms with Crippen LogP contribution in [0.15, 0.2) is 48.5 Å². The van der Waals surface area contributed by atoms with Crippen LogP contribution in [-0.4, -0.2) is 59.9 Å².